The molecule has 0 aliphatic heterocycles. The molecule has 0 heterocycles. The number of amides is 1. The van der Waals surface area contributed by atoms with Crippen LogP contribution in [0.1, 0.15) is 31.0 Å². The van der Waals surface area contributed by atoms with E-state index in [1.54, 1.807) is 6.92 Å². The van der Waals surface area contributed by atoms with Gasteiger partial charge in [0.2, 0.25) is 5.91 Å². The minimum atomic E-state index is -0.514. The van der Waals surface area contributed by atoms with Crippen LogP contribution in [-0.2, 0) is 11.3 Å². The van der Waals surface area contributed by atoms with E-state index < -0.39 is 5.38 Å². The van der Waals surface area contributed by atoms with Gasteiger partial charge in [-0.3, -0.25) is 4.79 Å². The van der Waals surface area contributed by atoms with Crippen LogP contribution < -0.4 is 11.1 Å². The fourth-order valence-corrected chi connectivity index (χ4v) is 1.46. The first kappa shape index (κ1) is 13.0. The zero-order chi connectivity index (χ0) is 12.1. The molecule has 0 aromatic heterocycles. The Morgan fingerprint density at radius 1 is 1.50 bits per heavy atom. The maximum absolute atomic E-state index is 11.4. The summed E-state index contributed by atoms with van der Waals surface area (Å²) in [6.07, 6.45) is 0. The Labute approximate surface area is 101 Å². The van der Waals surface area contributed by atoms with Crippen molar-refractivity contribution in [1.29, 1.82) is 0 Å². The van der Waals surface area contributed by atoms with Gasteiger partial charge in [0.15, 0.2) is 0 Å². The van der Waals surface area contributed by atoms with Crippen LogP contribution in [-0.4, -0.2) is 11.3 Å². The number of hydrogen-bond acceptors (Lipinski definition) is 2. The number of rotatable bonds is 4. The zero-order valence-corrected chi connectivity index (χ0v) is 10.3. The van der Waals surface area contributed by atoms with Crippen molar-refractivity contribution in [2.75, 3.05) is 0 Å². The van der Waals surface area contributed by atoms with Crippen molar-refractivity contribution in [3.05, 3.63) is 35.4 Å². The highest BCUT2D eigenvalue weighted by Gasteiger charge is 2.13. The molecule has 0 saturated heterocycles. The van der Waals surface area contributed by atoms with Gasteiger partial charge in [0.05, 0.1) is 6.04 Å². The summed E-state index contributed by atoms with van der Waals surface area (Å²) in [6, 6.07) is 7.79. The van der Waals surface area contributed by atoms with Crippen molar-refractivity contribution in [1.82, 2.24) is 5.32 Å². The predicted molar refractivity (Wildman–Crippen MR) is 66.2 cm³/mol. The highest BCUT2D eigenvalue weighted by molar-refractivity contribution is 6.30. The molecule has 2 atom stereocenters. The molecule has 1 amide bonds. The van der Waals surface area contributed by atoms with E-state index in [9.17, 15) is 4.79 Å². The molecule has 1 aromatic rings. The van der Waals surface area contributed by atoms with Crippen molar-refractivity contribution < 1.29 is 4.79 Å². The SMILES string of the molecule is CC(Cl)C(=O)NC(C)c1cccc(CN)c1. The molecule has 3 nitrogen and oxygen atoms in total. The van der Waals surface area contributed by atoms with Crippen LogP contribution in [0, 0.1) is 0 Å². The van der Waals surface area contributed by atoms with Gasteiger partial charge in [-0.25, -0.2) is 0 Å². The maximum Gasteiger partial charge on any atom is 0.238 e. The van der Waals surface area contributed by atoms with Crippen LogP contribution >= 0.6 is 11.6 Å². The Morgan fingerprint density at radius 3 is 2.75 bits per heavy atom. The monoisotopic (exact) mass is 240 g/mol. The second-order valence-corrected chi connectivity index (χ2v) is 4.45. The Balaban J connectivity index is 2.72. The molecule has 1 rings (SSSR count). The van der Waals surface area contributed by atoms with Gasteiger partial charge < -0.3 is 11.1 Å². The summed E-state index contributed by atoms with van der Waals surface area (Å²) >= 11 is 5.69. The van der Waals surface area contributed by atoms with Crippen molar-refractivity contribution in [2.24, 2.45) is 5.73 Å². The Morgan fingerprint density at radius 2 is 2.19 bits per heavy atom. The summed E-state index contributed by atoms with van der Waals surface area (Å²) in [6.45, 7) is 4.08. The smallest absolute Gasteiger partial charge is 0.238 e. The molecule has 0 aliphatic rings. The average Bonchev–Trinajstić information content (AvgIpc) is 2.28. The van der Waals surface area contributed by atoms with Crippen LogP contribution in [0.15, 0.2) is 24.3 Å². The lowest BCUT2D eigenvalue weighted by molar-refractivity contribution is -0.121. The van der Waals surface area contributed by atoms with Crippen LogP contribution in [0.2, 0.25) is 0 Å². The van der Waals surface area contributed by atoms with E-state index >= 15 is 0 Å². The lowest BCUT2D eigenvalue weighted by Crippen LogP contribution is -2.32. The molecule has 0 radical (unpaired) electrons. The summed E-state index contributed by atoms with van der Waals surface area (Å²) in [4.78, 5) is 11.4. The van der Waals surface area contributed by atoms with Crippen molar-refractivity contribution >= 4 is 17.5 Å². The third kappa shape index (κ3) is 3.51. The van der Waals surface area contributed by atoms with Gasteiger partial charge in [0.1, 0.15) is 5.38 Å². The topological polar surface area (TPSA) is 55.1 Å². The summed E-state index contributed by atoms with van der Waals surface area (Å²) < 4.78 is 0. The van der Waals surface area contributed by atoms with E-state index in [2.05, 4.69) is 5.32 Å². The van der Waals surface area contributed by atoms with Gasteiger partial charge in [-0.2, -0.15) is 0 Å². The number of carbonyl (C=O) groups is 1. The molecular formula is C12H17ClN2O. The van der Waals surface area contributed by atoms with E-state index in [0.29, 0.717) is 6.54 Å². The normalized spacial score (nSPS) is 14.2. The Kier molecular flexibility index (Phi) is 4.77. The molecule has 0 bridgehead atoms. The zero-order valence-electron chi connectivity index (χ0n) is 9.53. The summed E-state index contributed by atoms with van der Waals surface area (Å²) in [5, 5.41) is 2.32. The second kappa shape index (κ2) is 5.87. The molecular weight excluding hydrogens is 224 g/mol. The first-order chi connectivity index (χ1) is 7.54. The standard InChI is InChI=1S/C12H17ClN2O/c1-8(13)12(16)15-9(2)11-5-3-4-10(6-11)7-14/h3-6,8-9H,7,14H2,1-2H3,(H,15,16). The van der Waals surface area contributed by atoms with E-state index in [-0.39, 0.29) is 11.9 Å². The fraction of sp³-hybridized carbons (Fsp3) is 0.417. The van der Waals surface area contributed by atoms with Crippen molar-refractivity contribution in [3.8, 4) is 0 Å². The lowest BCUT2D eigenvalue weighted by atomic mass is 10.1. The maximum atomic E-state index is 11.4. The minimum absolute atomic E-state index is 0.0554. The fourth-order valence-electron chi connectivity index (χ4n) is 1.40. The van der Waals surface area contributed by atoms with Gasteiger partial charge in [-0.1, -0.05) is 24.3 Å². The number of benzene rings is 1. The molecule has 1 aromatic carbocycles. The van der Waals surface area contributed by atoms with E-state index in [4.69, 9.17) is 17.3 Å². The molecule has 0 aliphatic carbocycles. The van der Waals surface area contributed by atoms with Gasteiger partial charge in [0, 0.05) is 6.54 Å². The third-order valence-corrected chi connectivity index (χ3v) is 2.60. The van der Waals surface area contributed by atoms with Gasteiger partial charge >= 0.3 is 0 Å². The van der Waals surface area contributed by atoms with Crippen molar-refractivity contribution in [3.63, 3.8) is 0 Å². The molecule has 0 saturated carbocycles. The van der Waals surface area contributed by atoms with Crippen LogP contribution in [0.5, 0.6) is 0 Å². The lowest BCUT2D eigenvalue weighted by Gasteiger charge is -2.16. The highest BCUT2D eigenvalue weighted by atomic mass is 35.5. The third-order valence-electron chi connectivity index (χ3n) is 2.41. The molecule has 2 unspecified atom stereocenters. The van der Waals surface area contributed by atoms with Crippen LogP contribution in [0.4, 0.5) is 0 Å². The average molecular weight is 241 g/mol. The highest BCUT2D eigenvalue weighted by Crippen LogP contribution is 2.14. The molecule has 4 heteroatoms. The number of hydrogen-bond donors (Lipinski definition) is 2. The van der Waals surface area contributed by atoms with E-state index in [1.807, 2.05) is 31.2 Å². The van der Waals surface area contributed by atoms with E-state index in [0.717, 1.165) is 11.1 Å². The quantitative estimate of drug-likeness (QED) is 0.791. The number of nitrogens with one attached hydrogen (secondary N) is 1. The van der Waals surface area contributed by atoms with Crippen LogP contribution in [0.3, 0.4) is 0 Å². The van der Waals surface area contributed by atoms with Gasteiger partial charge in [0.25, 0.3) is 0 Å². The molecule has 16 heavy (non-hydrogen) atoms. The van der Waals surface area contributed by atoms with Gasteiger partial charge in [-0.15, -0.1) is 11.6 Å². The summed E-state index contributed by atoms with van der Waals surface area (Å²) in [7, 11) is 0. The number of alkyl halides is 1. The first-order valence-corrected chi connectivity index (χ1v) is 5.71. The van der Waals surface area contributed by atoms with Crippen molar-refractivity contribution in [2.45, 2.75) is 31.8 Å². The second-order valence-electron chi connectivity index (χ2n) is 3.80. The first-order valence-electron chi connectivity index (χ1n) is 5.28. The molecule has 3 N–H and O–H groups in total. The number of carbonyl (C=O) groups excluding carboxylic acids is 1. The van der Waals surface area contributed by atoms with Gasteiger partial charge in [-0.05, 0) is 25.0 Å². The number of nitrogens with two attached hydrogens (primary N) is 1. The summed E-state index contributed by atoms with van der Waals surface area (Å²) in [5.41, 5.74) is 7.65. The Bertz CT molecular complexity index is 366. The van der Waals surface area contributed by atoms with E-state index in [1.165, 1.54) is 0 Å². The number of halogens is 1. The molecule has 88 valence electrons. The predicted octanol–water partition coefficient (Wildman–Crippen LogP) is 1.95. The minimum Gasteiger partial charge on any atom is -0.348 e. The van der Waals surface area contributed by atoms with Crippen LogP contribution in [0.25, 0.3) is 0 Å². The molecule has 0 fully saturated rings. The largest absolute Gasteiger partial charge is 0.348 e. The molecule has 0 spiro atoms. The Hall–Kier alpha value is -1.06. The summed E-state index contributed by atoms with van der Waals surface area (Å²) in [5.74, 6) is -0.160.